The minimum Gasteiger partial charge on any atom is -0.491 e. The maximum Gasteiger partial charge on any atom is 0.160 e. The molecule has 0 aliphatic heterocycles. The van der Waals surface area contributed by atoms with Crippen molar-refractivity contribution < 1.29 is 9.84 Å². The molecule has 0 saturated heterocycles. The van der Waals surface area contributed by atoms with Gasteiger partial charge in [0, 0.05) is 30.0 Å². The predicted octanol–water partition coefficient (Wildman–Crippen LogP) is 3.90. The Morgan fingerprint density at radius 1 is 1.08 bits per heavy atom. The number of likely N-dealkylation sites (N-methyl/N-ethyl adjacent to an activating group) is 1. The molecule has 1 atom stereocenters. The predicted molar refractivity (Wildman–Crippen MR) is 141 cm³/mol. The molecule has 0 aliphatic rings. The van der Waals surface area contributed by atoms with Crippen LogP contribution >= 0.6 is 0 Å². The third kappa shape index (κ3) is 4.89. The van der Waals surface area contributed by atoms with E-state index in [0.29, 0.717) is 18.8 Å². The molecule has 186 valence electrons. The van der Waals surface area contributed by atoms with Gasteiger partial charge in [-0.15, -0.1) is 0 Å². The van der Waals surface area contributed by atoms with Gasteiger partial charge in [-0.2, -0.15) is 5.10 Å². The summed E-state index contributed by atoms with van der Waals surface area (Å²) in [5.74, 6) is 0.683. The molecule has 1 aromatic carbocycles. The Bertz CT molecular complexity index is 1470. The summed E-state index contributed by atoms with van der Waals surface area (Å²) in [7, 11) is 1.80. The van der Waals surface area contributed by atoms with Crippen LogP contribution in [-0.2, 0) is 6.54 Å². The summed E-state index contributed by atoms with van der Waals surface area (Å²) in [5, 5.41) is 22.1. The third-order valence-corrected chi connectivity index (χ3v) is 6.02. The Kier molecular flexibility index (Phi) is 6.84. The van der Waals surface area contributed by atoms with Gasteiger partial charge in [0.25, 0.3) is 0 Å². The van der Waals surface area contributed by atoms with Crippen LogP contribution in [0.1, 0.15) is 25.6 Å². The number of hydrogen-bond donors (Lipinski definition) is 3. The van der Waals surface area contributed by atoms with Crippen molar-refractivity contribution in [3.63, 3.8) is 0 Å². The number of aromatic nitrogens is 5. The molecule has 3 N–H and O–H groups in total. The number of rotatable bonds is 10. The first-order valence-electron chi connectivity index (χ1n) is 12.1. The van der Waals surface area contributed by atoms with Crippen molar-refractivity contribution in [2.24, 2.45) is 0 Å². The first-order chi connectivity index (χ1) is 17.5. The zero-order chi connectivity index (χ0) is 25.1. The maximum absolute atomic E-state index is 9.99. The van der Waals surface area contributed by atoms with E-state index in [-0.39, 0.29) is 12.6 Å². The van der Waals surface area contributed by atoms with E-state index in [1.165, 1.54) is 0 Å². The van der Waals surface area contributed by atoms with Crippen LogP contribution in [0.15, 0.2) is 67.1 Å². The number of benzene rings is 1. The van der Waals surface area contributed by atoms with Gasteiger partial charge >= 0.3 is 0 Å². The quantitative estimate of drug-likeness (QED) is 0.276. The topological polar surface area (TPSA) is 102 Å². The lowest BCUT2D eigenvalue weighted by Crippen LogP contribution is -2.29. The molecule has 1 unspecified atom stereocenters. The molecule has 4 aromatic heterocycles. The van der Waals surface area contributed by atoms with Gasteiger partial charge in [0.1, 0.15) is 24.1 Å². The van der Waals surface area contributed by atoms with Gasteiger partial charge in [0.2, 0.25) is 0 Å². The van der Waals surface area contributed by atoms with Crippen LogP contribution in [-0.4, -0.2) is 55.6 Å². The van der Waals surface area contributed by atoms with Crippen molar-refractivity contribution in [1.29, 1.82) is 0 Å². The zero-order valence-electron chi connectivity index (χ0n) is 20.7. The number of hydrogen-bond acceptors (Lipinski definition) is 7. The molecule has 9 heteroatoms. The van der Waals surface area contributed by atoms with Gasteiger partial charge in [-0.05, 0) is 51.2 Å². The van der Waals surface area contributed by atoms with Crippen LogP contribution in [0, 0.1) is 0 Å². The second-order valence-corrected chi connectivity index (χ2v) is 9.06. The summed E-state index contributed by atoms with van der Waals surface area (Å²) in [4.78, 5) is 9.47. The SMILES string of the molecule is CNCC(O)COc1cccc(-c2cc(NCc3cnc4ccccn34)c3cnn(C(C)C)c3n2)c1. The Morgan fingerprint density at radius 3 is 2.81 bits per heavy atom. The molecule has 4 heterocycles. The third-order valence-electron chi connectivity index (χ3n) is 6.02. The van der Waals surface area contributed by atoms with Gasteiger partial charge in [0.15, 0.2) is 5.65 Å². The average Bonchev–Trinajstić information content (AvgIpc) is 3.51. The highest BCUT2D eigenvalue weighted by Gasteiger charge is 2.15. The fourth-order valence-corrected chi connectivity index (χ4v) is 4.22. The lowest BCUT2D eigenvalue weighted by molar-refractivity contribution is 0.108. The monoisotopic (exact) mass is 485 g/mol. The van der Waals surface area contributed by atoms with E-state index in [0.717, 1.165) is 39.3 Å². The van der Waals surface area contributed by atoms with Crippen molar-refractivity contribution >= 4 is 22.4 Å². The normalized spacial score (nSPS) is 12.5. The van der Waals surface area contributed by atoms with Crippen LogP contribution in [0.3, 0.4) is 0 Å². The number of anilines is 1. The standard InChI is InChI=1S/C27H31N7O2/c1-18(2)34-27-23(16-31-34)25(29-13-20-14-30-26-9-4-5-10-33(20)26)12-24(32-27)19-7-6-8-22(11-19)36-17-21(35)15-28-3/h4-12,14,16,18,21,28,35H,13,15,17H2,1-3H3,(H,29,32). The molecule has 9 nitrogen and oxygen atoms in total. The van der Waals surface area contributed by atoms with Gasteiger partial charge in [-0.3, -0.25) is 0 Å². The number of aliphatic hydroxyl groups is 1. The van der Waals surface area contributed by atoms with Gasteiger partial charge in [0.05, 0.1) is 35.7 Å². The molecule has 0 bridgehead atoms. The van der Waals surface area contributed by atoms with Crippen LogP contribution in [0.2, 0.25) is 0 Å². The Hall–Kier alpha value is -3.95. The maximum atomic E-state index is 9.99. The summed E-state index contributed by atoms with van der Waals surface area (Å²) < 4.78 is 9.84. The average molecular weight is 486 g/mol. The van der Waals surface area contributed by atoms with Crippen LogP contribution < -0.4 is 15.4 Å². The number of fused-ring (bicyclic) bond motifs is 2. The molecule has 0 aliphatic carbocycles. The van der Waals surface area contributed by atoms with Gasteiger partial charge in [-0.25, -0.2) is 14.6 Å². The Morgan fingerprint density at radius 2 is 1.97 bits per heavy atom. The first kappa shape index (κ1) is 23.8. The summed E-state index contributed by atoms with van der Waals surface area (Å²) in [5.41, 5.74) is 5.48. The Labute approximate surface area is 209 Å². The molecule has 5 rings (SSSR count). The van der Waals surface area contributed by atoms with Gasteiger partial charge in [-0.1, -0.05) is 18.2 Å². The van der Waals surface area contributed by atoms with E-state index in [4.69, 9.17) is 9.72 Å². The largest absolute Gasteiger partial charge is 0.491 e. The molecular formula is C27H31N7O2. The number of nitrogens with one attached hydrogen (secondary N) is 2. The first-order valence-corrected chi connectivity index (χ1v) is 12.1. The van der Waals surface area contributed by atoms with Crippen molar-refractivity contribution in [1.82, 2.24) is 29.5 Å². The number of aliphatic hydroxyl groups excluding tert-OH is 1. The fraction of sp³-hybridized carbons (Fsp3) is 0.296. The highest BCUT2D eigenvalue weighted by atomic mass is 16.5. The van der Waals surface area contributed by atoms with Gasteiger partial charge < -0.3 is 24.9 Å². The molecule has 0 fully saturated rings. The molecule has 5 aromatic rings. The number of ether oxygens (including phenoxy) is 1. The number of nitrogens with zero attached hydrogens (tertiary/aromatic N) is 5. The molecule has 0 radical (unpaired) electrons. The second-order valence-electron chi connectivity index (χ2n) is 9.06. The minimum absolute atomic E-state index is 0.167. The summed E-state index contributed by atoms with van der Waals surface area (Å²) >= 11 is 0. The van der Waals surface area contributed by atoms with E-state index in [2.05, 4.69) is 39.0 Å². The highest BCUT2D eigenvalue weighted by Crippen LogP contribution is 2.31. The van der Waals surface area contributed by atoms with E-state index in [1.807, 2.05) is 71.8 Å². The van der Waals surface area contributed by atoms with Crippen LogP contribution in [0.5, 0.6) is 5.75 Å². The zero-order valence-corrected chi connectivity index (χ0v) is 20.7. The number of pyridine rings is 2. The number of imidazole rings is 1. The highest BCUT2D eigenvalue weighted by molar-refractivity contribution is 5.91. The lowest BCUT2D eigenvalue weighted by Gasteiger charge is -2.14. The molecule has 0 spiro atoms. The van der Waals surface area contributed by atoms with E-state index in [1.54, 1.807) is 7.05 Å². The van der Waals surface area contributed by atoms with Crippen molar-refractivity contribution in [2.45, 2.75) is 32.5 Å². The van der Waals surface area contributed by atoms with Crippen molar-refractivity contribution in [3.05, 3.63) is 72.8 Å². The lowest BCUT2D eigenvalue weighted by atomic mass is 10.1. The van der Waals surface area contributed by atoms with E-state index < -0.39 is 6.10 Å². The molecular weight excluding hydrogens is 454 g/mol. The summed E-state index contributed by atoms with van der Waals surface area (Å²) in [6.45, 7) is 5.47. The minimum atomic E-state index is -0.580. The van der Waals surface area contributed by atoms with Crippen LogP contribution in [0.4, 0.5) is 5.69 Å². The molecule has 0 amide bonds. The van der Waals surface area contributed by atoms with Crippen molar-refractivity contribution in [3.8, 4) is 17.0 Å². The summed E-state index contributed by atoms with van der Waals surface area (Å²) in [6, 6.07) is 16.0. The van der Waals surface area contributed by atoms with Crippen molar-refractivity contribution in [2.75, 3.05) is 25.5 Å². The Balaban J connectivity index is 1.48. The van der Waals surface area contributed by atoms with E-state index >= 15 is 0 Å². The van der Waals surface area contributed by atoms with Crippen LogP contribution in [0.25, 0.3) is 27.9 Å². The summed E-state index contributed by atoms with van der Waals surface area (Å²) in [6.07, 6.45) is 5.19. The molecule has 36 heavy (non-hydrogen) atoms. The van der Waals surface area contributed by atoms with E-state index in [9.17, 15) is 5.11 Å². The smallest absolute Gasteiger partial charge is 0.160 e. The second kappa shape index (κ2) is 10.3. The molecule has 0 saturated carbocycles. The fourth-order valence-electron chi connectivity index (χ4n) is 4.22.